The highest BCUT2D eigenvalue weighted by Gasteiger charge is 2.00. The third-order valence-corrected chi connectivity index (χ3v) is 1.77. The Hall–Kier alpha value is -5.04. The molecule has 2 aromatic rings. The summed E-state index contributed by atoms with van der Waals surface area (Å²) in [4.78, 5) is 36.9. The normalized spacial score (nSPS) is 8.86. The molecule has 20 heteroatoms. The fourth-order valence-electron chi connectivity index (χ4n) is 1.13. The average molecular weight is 399 g/mol. The van der Waals surface area contributed by atoms with Crippen LogP contribution in [0.2, 0.25) is 0 Å². The summed E-state index contributed by atoms with van der Waals surface area (Å²) in [5.74, 6) is -0.435. The third-order valence-electron chi connectivity index (χ3n) is 1.77. The fourth-order valence-corrected chi connectivity index (χ4v) is 1.13. The quantitative estimate of drug-likeness (QED) is 0.0993. The van der Waals surface area contributed by atoms with Crippen LogP contribution in [0.5, 0.6) is 0 Å². The second-order valence-corrected chi connectivity index (χ2v) is 4.01. The monoisotopic (exact) mass is 399 g/mol. The predicted molar refractivity (Wildman–Crippen MR) is 97.0 cm³/mol. The molecule has 0 fully saturated rings. The molecule has 0 saturated heterocycles. The number of guanidine groups is 2. The lowest BCUT2D eigenvalue weighted by molar-refractivity contribution is -0.742. The number of nitrogens with two attached hydrogens (primary N) is 8. The molecule has 2 rings (SSSR count). The second-order valence-electron chi connectivity index (χ2n) is 4.01. The van der Waals surface area contributed by atoms with Crippen molar-refractivity contribution in [1.29, 1.82) is 0 Å². The van der Waals surface area contributed by atoms with E-state index in [0.717, 1.165) is 0 Å². The van der Waals surface area contributed by atoms with Gasteiger partial charge in [-0.1, -0.05) is 0 Å². The maximum atomic E-state index is 8.36. The number of aliphatic imine (C=N–C) groups is 2. The van der Waals surface area contributed by atoms with Gasteiger partial charge in [0.2, 0.25) is 23.8 Å². The number of hydrogen-bond donors (Lipinski definition) is 9. The van der Waals surface area contributed by atoms with E-state index in [1.165, 1.54) is 0 Å². The Labute approximate surface area is 154 Å². The van der Waals surface area contributed by atoms with Gasteiger partial charge in [-0.15, -0.1) is 10.1 Å². The first-order chi connectivity index (χ1) is 12.9. The van der Waals surface area contributed by atoms with Crippen LogP contribution >= 0.6 is 0 Å². The Morgan fingerprint density at radius 1 is 0.714 bits per heavy atom. The van der Waals surface area contributed by atoms with Crippen LogP contribution in [0, 0.1) is 10.1 Å². The Balaban J connectivity index is 0.000000439. The molecule has 0 aromatic carbocycles. The first kappa shape index (κ1) is 23.0. The van der Waals surface area contributed by atoms with Gasteiger partial charge in [-0.25, -0.2) is 0 Å². The van der Waals surface area contributed by atoms with E-state index >= 15 is 0 Å². The summed E-state index contributed by atoms with van der Waals surface area (Å²) in [5.41, 5.74) is 41.2. The standard InChI is InChI=1S/2C4H8N8.HNO3/c2*5-1(6)9-4-11-2(7)10-3(8)12-4;2-1(3)4/h2*(H8,5,6,7,8,9,10,11,12);(H,2,3,4). The predicted octanol–water partition coefficient (Wildman–Crippen LogP) is -4.47. The number of nitrogen functional groups attached to an aromatic ring is 4. The van der Waals surface area contributed by atoms with E-state index in [-0.39, 0.29) is 47.6 Å². The summed E-state index contributed by atoms with van der Waals surface area (Å²) in [6, 6.07) is 0. The summed E-state index contributed by atoms with van der Waals surface area (Å²) >= 11 is 0. The molecule has 0 aliphatic carbocycles. The SMILES string of the molecule is NC(N)=Nc1nc(N)nc(N)n1.NC(N)=Nc1nc(N)nc(N)n1.O=[N+]([O-])O. The zero-order valence-corrected chi connectivity index (χ0v) is 13.9. The molecule has 0 radical (unpaired) electrons. The highest BCUT2D eigenvalue weighted by Crippen LogP contribution is 2.06. The molecule has 0 aliphatic rings. The molecule has 0 aliphatic heterocycles. The first-order valence-electron chi connectivity index (χ1n) is 6.45. The van der Waals surface area contributed by atoms with Crippen molar-refractivity contribution in [3.63, 3.8) is 0 Å². The molecular weight excluding hydrogens is 382 g/mol. The summed E-state index contributed by atoms with van der Waals surface area (Å²) in [6.45, 7) is 0. The Morgan fingerprint density at radius 2 is 0.929 bits per heavy atom. The van der Waals surface area contributed by atoms with Crippen LogP contribution in [0.3, 0.4) is 0 Å². The lowest BCUT2D eigenvalue weighted by atomic mass is 10.8. The van der Waals surface area contributed by atoms with Crippen LogP contribution in [0.15, 0.2) is 9.98 Å². The molecule has 0 spiro atoms. The van der Waals surface area contributed by atoms with Crippen LogP contribution in [-0.2, 0) is 0 Å². The largest absolute Gasteiger partial charge is 0.370 e. The molecule has 0 unspecified atom stereocenters. The summed E-state index contributed by atoms with van der Waals surface area (Å²) in [6.07, 6.45) is 0. The number of rotatable bonds is 2. The second kappa shape index (κ2) is 10.7. The number of nitrogens with zero attached hydrogens (tertiary/aromatic N) is 9. The lowest BCUT2D eigenvalue weighted by Gasteiger charge is -1.96. The Morgan fingerprint density at radius 3 is 1.11 bits per heavy atom. The van der Waals surface area contributed by atoms with E-state index in [1.807, 2.05) is 0 Å². The Kier molecular flexibility index (Phi) is 8.81. The minimum Gasteiger partial charge on any atom is -0.370 e. The molecule has 2 heterocycles. The van der Waals surface area contributed by atoms with Crippen molar-refractivity contribution in [3.8, 4) is 0 Å². The van der Waals surface area contributed by atoms with E-state index < -0.39 is 5.09 Å². The van der Waals surface area contributed by atoms with Crippen molar-refractivity contribution in [1.82, 2.24) is 29.9 Å². The van der Waals surface area contributed by atoms with Gasteiger partial charge >= 0.3 is 0 Å². The molecule has 0 amide bonds. The van der Waals surface area contributed by atoms with E-state index in [9.17, 15) is 0 Å². The maximum Gasteiger partial charge on any atom is 0.291 e. The van der Waals surface area contributed by atoms with E-state index in [0.29, 0.717) is 0 Å². The van der Waals surface area contributed by atoms with E-state index in [4.69, 9.17) is 61.2 Å². The zero-order chi connectivity index (χ0) is 21.9. The zero-order valence-electron chi connectivity index (χ0n) is 13.9. The van der Waals surface area contributed by atoms with Crippen LogP contribution in [-0.4, -0.2) is 52.1 Å². The van der Waals surface area contributed by atoms with Crippen LogP contribution < -0.4 is 45.9 Å². The van der Waals surface area contributed by atoms with Crippen molar-refractivity contribution < 1.29 is 10.3 Å². The topological polar surface area (TPSA) is 374 Å². The highest BCUT2D eigenvalue weighted by molar-refractivity contribution is 5.78. The van der Waals surface area contributed by atoms with Crippen molar-refractivity contribution in [2.75, 3.05) is 22.9 Å². The van der Waals surface area contributed by atoms with Gasteiger partial charge in [0.05, 0.1) is 0 Å². The van der Waals surface area contributed by atoms with Gasteiger partial charge < -0.3 is 51.1 Å². The fraction of sp³-hybridized carbons (Fsp3) is 0. The van der Waals surface area contributed by atoms with Gasteiger partial charge in [0.15, 0.2) is 11.9 Å². The van der Waals surface area contributed by atoms with Gasteiger partial charge in [0.1, 0.15) is 0 Å². The average Bonchev–Trinajstić information content (AvgIpc) is 2.43. The van der Waals surface area contributed by atoms with Crippen molar-refractivity contribution in [2.24, 2.45) is 32.9 Å². The van der Waals surface area contributed by atoms with E-state index in [2.05, 4.69) is 39.9 Å². The minimum absolute atomic E-state index is 0.000000000000000444. The van der Waals surface area contributed by atoms with E-state index in [1.54, 1.807) is 0 Å². The minimum atomic E-state index is -1.50. The molecule has 2 aromatic heterocycles. The number of hydrogen-bond acceptors (Lipinski definition) is 14. The highest BCUT2D eigenvalue weighted by atomic mass is 16.9. The van der Waals surface area contributed by atoms with Crippen LogP contribution in [0.25, 0.3) is 0 Å². The molecule has 20 nitrogen and oxygen atoms in total. The van der Waals surface area contributed by atoms with Gasteiger partial charge in [0, 0.05) is 0 Å². The van der Waals surface area contributed by atoms with Gasteiger partial charge in [-0.3, -0.25) is 0 Å². The van der Waals surface area contributed by atoms with Crippen molar-refractivity contribution in [2.45, 2.75) is 0 Å². The molecule has 152 valence electrons. The third kappa shape index (κ3) is 11.5. The van der Waals surface area contributed by atoms with Gasteiger partial charge in [-0.05, 0) is 0 Å². The molecule has 17 N–H and O–H groups in total. The summed E-state index contributed by atoms with van der Waals surface area (Å²) in [5, 5.41) is 13.6. The summed E-state index contributed by atoms with van der Waals surface area (Å²) < 4.78 is 0. The maximum absolute atomic E-state index is 8.36. The molecular formula is C8H17N17O3. The summed E-state index contributed by atoms with van der Waals surface area (Å²) in [7, 11) is 0. The van der Waals surface area contributed by atoms with Crippen molar-refractivity contribution in [3.05, 3.63) is 10.1 Å². The smallest absolute Gasteiger partial charge is 0.291 e. The number of aromatic nitrogens is 6. The van der Waals surface area contributed by atoms with Gasteiger partial charge in [0.25, 0.3) is 17.0 Å². The molecule has 0 atom stereocenters. The van der Waals surface area contributed by atoms with Gasteiger partial charge in [-0.2, -0.15) is 39.9 Å². The van der Waals surface area contributed by atoms with Crippen LogP contribution in [0.1, 0.15) is 0 Å². The Bertz CT molecular complexity index is 747. The number of anilines is 4. The molecule has 0 saturated carbocycles. The first-order valence-corrected chi connectivity index (χ1v) is 6.45. The lowest BCUT2D eigenvalue weighted by Crippen LogP contribution is -2.22. The van der Waals surface area contributed by atoms with Crippen molar-refractivity contribution >= 4 is 47.6 Å². The van der Waals surface area contributed by atoms with Crippen LogP contribution in [0.4, 0.5) is 35.7 Å². The molecule has 0 bridgehead atoms. The molecule has 28 heavy (non-hydrogen) atoms.